The molecule has 4 rings (SSSR count). The highest BCUT2D eigenvalue weighted by molar-refractivity contribution is 6.10. The molecule has 1 aromatic carbocycles. The number of hydrogen-bond donors (Lipinski definition) is 1. The van der Waals surface area contributed by atoms with Gasteiger partial charge in [-0.3, -0.25) is 19.0 Å². The van der Waals surface area contributed by atoms with Crippen LogP contribution in [0.25, 0.3) is 11.0 Å². The number of ketones is 1. The summed E-state index contributed by atoms with van der Waals surface area (Å²) in [5.41, 5.74) is 8.44. The van der Waals surface area contributed by atoms with Crippen molar-refractivity contribution in [1.82, 2.24) is 19.0 Å². The number of nitrogens with zero attached hydrogens (tertiary/aromatic N) is 5. The molecule has 38 heavy (non-hydrogen) atoms. The number of hydrogen-bond acceptors (Lipinski definition) is 7. The number of carbonyl (C=O) groups is 2. The number of fused-ring (bicyclic) bond motifs is 1. The Labute approximate surface area is 222 Å². The third-order valence-corrected chi connectivity index (χ3v) is 6.77. The number of carbonyl (C=O) groups excluding carboxylic acids is 2. The van der Waals surface area contributed by atoms with Crippen LogP contribution >= 0.6 is 0 Å². The molecule has 3 aromatic rings. The normalized spacial score (nSPS) is 15.4. The van der Waals surface area contributed by atoms with E-state index in [9.17, 15) is 14.4 Å². The number of ether oxygens (including phenoxy) is 1. The van der Waals surface area contributed by atoms with Crippen LogP contribution in [0, 0.1) is 0 Å². The van der Waals surface area contributed by atoms with Crippen molar-refractivity contribution in [3.63, 3.8) is 0 Å². The van der Waals surface area contributed by atoms with Gasteiger partial charge in [-0.1, -0.05) is 23.8 Å². The molecule has 1 aliphatic rings. The molecule has 0 spiro atoms. The van der Waals surface area contributed by atoms with Crippen LogP contribution in [0.1, 0.15) is 47.4 Å². The average Bonchev–Trinajstić information content (AvgIpc) is 3.23. The van der Waals surface area contributed by atoms with E-state index in [1.807, 2.05) is 24.5 Å². The average molecular weight is 521 g/mol. The molecule has 0 bridgehead atoms. The van der Waals surface area contributed by atoms with Crippen LogP contribution < -0.4 is 20.9 Å². The molecule has 1 atom stereocenters. The summed E-state index contributed by atoms with van der Waals surface area (Å²) in [5, 5.41) is 0. The number of amides is 1. The number of Topliss-reactive ketones (excluding diaryl/α,β-unsaturated/α-hetero) is 1. The lowest BCUT2D eigenvalue weighted by atomic mass is 10.1. The highest BCUT2D eigenvalue weighted by atomic mass is 16.5. The van der Waals surface area contributed by atoms with Gasteiger partial charge in [0.2, 0.25) is 0 Å². The molecule has 0 unspecified atom stereocenters. The standard InChI is InChI=1S/C28H36N6O4/c1-18(2)11-13-34-25-24(23(27(36)31(3)4)26(34)32-12-7-9-20(29)15-32)30-17-33(28(25)37)16-22(35)19-8-6-10-21(14-19)38-5/h6,8,10-11,14,17,20H,7,9,12-13,15-16,29H2,1-5H3/t20-/m0/s1. The summed E-state index contributed by atoms with van der Waals surface area (Å²) in [6.45, 7) is 5.44. The quantitative estimate of drug-likeness (QED) is 0.359. The fourth-order valence-corrected chi connectivity index (χ4v) is 4.81. The fraction of sp³-hybridized carbons (Fsp3) is 0.429. The molecule has 2 aromatic heterocycles. The third kappa shape index (κ3) is 5.35. The Morgan fingerprint density at radius 2 is 2.03 bits per heavy atom. The van der Waals surface area contributed by atoms with Crippen molar-refractivity contribution in [3.8, 4) is 5.75 Å². The third-order valence-electron chi connectivity index (χ3n) is 6.77. The molecule has 0 aliphatic carbocycles. The van der Waals surface area contributed by atoms with E-state index in [1.165, 1.54) is 22.9 Å². The second-order valence-electron chi connectivity index (χ2n) is 10.2. The predicted molar refractivity (Wildman–Crippen MR) is 148 cm³/mol. The van der Waals surface area contributed by atoms with Crippen LogP contribution in [0.2, 0.25) is 0 Å². The number of anilines is 1. The summed E-state index contributed by atoms with van der Waals surface area (Å²) < 4.78 is 8.39. The molecule has 10 heteroatoms. The van der Waals surface area contributed by atoms with E-state index >= 15 is 0 Å². The second-order valence-corrected chi connectivity index (χ2v) is 10.2. The van der Waals surface area contributed by atoms with Crippen LogP contribution in [-0.4, -0.2) is 71.0 Å². The lowest BCUT2D eigenvalue weighted by molar-refractivity contribution is 0.0829. The molecule has 2 N–H and O–H groups in total. The summed E-state index contributed by atoms with van der Waals surface area (Å²) in [6, 6.07) is 6.78. The highest BCUT2D eigenvalue weighted by Gasteiger charge is 2.32. The molecule has 0 saturated carbocycles. The zero-order valence-corrected chi connectivity index (χ0v) is 22.7. The molecule has 1 amide bonds. The summed E-state index contributed by atoms with van der Waals surface area (Å²) in [5.74, 6) is 0.718. The number of benzene rings is 1. The SMILES string of the molecule is COc1cccc(C(=O)Cn2cnc3c(C(=O)N(C)C)c(N4CCC[C@H](N)C4)n(CC=C(C)C)c3c2=O)c1. The highest BCUT2D eigenvalue weighted by Crippen LogP contribution is 2.33. The van der Waals surface area contributed by atoms with Gasteiger partial charge in [-0.2, -0.15) is 0 Å². The molecule has 1 saturated heterocycles. The summed E-state index contributed by atoms with van der Waals surface area (Å²) in [4.78, 5) is 48.7. The number of rotatable bonds is 8. The molecule has 3 heterocycles. The fourth-order valence-electron chi connectivity index (χ4n) is 4.81. The van der Waals surface area contributed by atoms with Gasteiger partial charge in [0, 0.05) is 45.3 Å². The molecule has 10 nitrogen and oxygen atoms in total. The summed E-state index contributed by atoms with van der Waals surface area (Å²) in [6.07, 6.45) is 5.15. The largest absolute Gasteiger partial charge is 0.497 e. The summed E-state index contributed by atoms with van der Waals surface area (Å²) in [7, 11) is 4.90. The van der Waals surface area contributed by atoms with Gasteiger partial charge in [0.15, 0.2) is 5.78 Å². The minimum atomic E-state index is -0.381. The van der Waals surface area contributed by atoms with Crippen molar-refractivity contribution < 1.29 is 14.3 Å². The van der Waals surface area contributed by atoms with Crippen LogP contribution in [0.4, 0.5) is 5.82 Å². The molecule has 0 radical (unpaired) electrons. The number of piperidine rings is 1. The van der Waals surface area contributed by atoms with Gasteiger partial charge in [0.25, 0.3) is 11.5 Å². The van der Waals surface area contributed by atoms with E-state index in [1.54, 1.807) is 38.4 Å². The number of methoxy groups -OCH3 is 1. The van der Waals surface area contributed by atoms with Crippen LogP contribution in [0.5, 0.6) is 5.75 Å². The maximum atomic E-state index is 13.9. The van der Waals surface area contributed by atoms with Crippen molar-refractivity contribution in [2.45, 2.75) is 45.8 Å². The van der Waals surface area contributed by atoms with Gasteiger partial charge >= 0.3 is 0 Å². The van der Waals surface area contributed by atoms with Crippen LogP contribution in [0.3, 0.4) is 0 Å². The van der Waals surface area contributed by atoms with Gasteiger partial charge in [0.1, 0.15) is 28.2 Å². The Morgan fingerprint density at radius 3 is 2.68 bits per heavy atom. The number of aromatic nitrogens is 3. The van der Waals surface area contributed by atoms with Crippen LogP contribution in [-0.2, 0) is 13.1 Å². The van der Waals surface area contributed by atoms with Crippen molar-refractivity contribution in [1.29, 1.82) is 0 Å². The smallest absolute Gasteiger partial charge is 0.278 e. The van der Waals surface area contributed by atoms with Gasteiger partial charge in [0.05, 0.1) is 20.0 Å². The molecule has 1 aliphatic heterocycles. The van der Waals surface area contributed by atoms with Gasteiger partial charge in [-0.25, -0.2) is 4.98 Å². The van der Waals surface area contributed by atoms with Gasteiger partial charge in [-0.05, 0) is 38.8 Å². The lowest BCUT2D eigenvalue weighted by Gasteiger charge is -2.34. The van der Waals surface area contributed by atoms with E-state index in [4.69, 9.17) is 10.5 Å². The Kier molecular flexibility index (Phi) is 8.01. The van der Waals surface area contributed by atoms with Crippen molar-refractivity contribution in [2.75, 3.05) is 39.2 Å². The number of nitrogens with two attached hydrogens (primary N) is 1. The molecule has 202 valence electrons. The van der Waals surface area contributed by atoms with E-state index in [2.05, 4.69) is 9.88 Å². The Balaban J connectivity index is 1.92. The number of allylic oxidation sites excluding steroid dienone is 2. The van der Waals surface area contributed by atoms with E-state index in [0.29, 0.717) is 46.8 Å². The zero-order chi connectivity index (χ0) is 27.6. The Morgan fingerprint density at radius 1 is 1.26 bits per heavy atom. The molecular formula is C28H36N6O4. The zero-order valence-electron chi connectivity index (χ0n) is 22.7. The van der Waals surface area contributed by atoms with Crippen molar-refractivity contribution in [3.05, 3.63) is 63.7 Å². The Hall–Kier alpha value is -3.92. The van der Waals surface area contributed by atoms with Gasteiger partial charge < -0.3 is 24.8 Å². The maximum absolute atomic E-state index is 13.9. The van der Waals surface area contributed by atoms with E-state index < -0.39 is 0 Å². The minimum absolute atomic E-state index is 0.0360. The van der Waals surface area contributed by atoms with E-state index in [0.717, 1.165) is 25.0 Å². The Bertz CT molecular complexity index is 1450. The first-order valence-corrected chi connectivity index (χ1v) is 12.8. The van der Waals surface area contributed by atoms with Crippen molar-refractivity contribution >= 4 is 28.5 Å². The summed E-state index contributed by atoms with van der Waals surface area (Å²) >= 11 is 0. The van der Waals surface area contributed by atoms with Crippen LogP contribution in [0.15, 0.2) is 47.0 Å². The van der Waals surface area contributed by atoms with Gasteiger partial charge in [-0.15, -0.1) is 0 Å². The second kappa shape index (κ2) is 11.2. The minimum Gasteiger partial charge on any atom is -0.497 e. The predicted octanol–water partition coefficient (Wildman–Crippen LogP) is 2.69. The molecule has 1 fully saturated rings. The monoisotopic (exact) mass is 520 g/mol. The van der Waals surface area contributed by atoms with Crippen molar-refractivity contribution in [2.24, 2.45) is 5.73 Å². The topological polar surface area (TPSA) is 116 Å². The first-order chi connectivity index (χ1) is 18.1. The maximum Gasteiger partial charge on any atom is 0.278 e. The lowest BCUT2D eigenvalue weighted by Crippen LogP contribution is -2.44. The first-order valence-electron chi connectivity index (χ1n) is 12.8. The van der Waals surface area contributed by atoms with E-state index in [-0.39, 0.29) is 29.8 Å². The first kappa shape index (κ1) is 27.1. The molecular weight excluding hydrogens is 484 g/mol.